The zero-order valence-electron chi connectivity index (χ0n) is 13.7. The van der Waals surface area contributed by atoms with Crippen LogP contribution in [0.4, 0.5) is 15.8 Å². The second-order valence-corrected chi connectivity index (χ2v) is 6.10. The van der Waals surface area contributed by atoms with Crippen molar-refractivity contribution in [1.82, 2.24) is 9.97 Å². The fraction of sp³-hybridized carbons (Fsp3) is 0.0588. The zero-order valence-corrected chi connectivity index (χ0v) is 14.5. The van der Waals surface area contributed by atoms with Crippen LogP contribution < -0.4 is 21.1 Å². The highest BCUT2D eigenvalue weighted by Crippen LogP contribution is 2.30. The Kier molecular flexibility index (Phi) is 5.09. The molecule has 0 aliphatic heterocycles. The fourth-order valence-corrected chi connectivity index (χ4v) is 2.99. The molecule has 0 saturated heterocycles. The van der Waals surface area contributed by atoms with Crippen LogP contribution in [0.15, 0.2) is 48.8 Å². The molecule has 0 aliphatic rings. The maximum absolute atomic E-state index is 12.4. The van der Waals surface area contributed by atoms with E-state index in [1.54, 1.807) is 55.9 Å². The first-order chi connectivity index (χ1) is 12.6. The normalized spacial score (nSPS) is 10.2. The van der Waals surface area contributed by atoms with Crippen LogP contribution in [-0.2, 0) is 0 Å². The average Bonchev–Trinajstić information content (AvgIpc) is 3.05. The molecule has 9 heteroatoms. The van der Waals surface area contributed by atoms with Crippen molar-refractivity contribution in [2.75, 3.05) is 17.7 Å². The van der Waals surface area contributed by atoms with E-state index in [1.165, 1.54) is 0 Å². The first kappa shape index (κ1) is 17.4. The van der Waals surface area contributed by atoms with E-state index in [-0.39, 0.29) is 16.6 Å². The number of hydrogen-bond donors (Lipinski definition) is 3. The predicted octanol–water partition coefficient (Wildman–Crippen LogP) is 2.64. The number of amides is 2. The lowest BCUT2D eigenvalue weighted by Gasteiger charge is -2.05. The molecule has 3 aromatic rings. The van der Waals surface area contributed by atoms with E-state index >= 15 is 0 Å². The number of ether oxygens (including phenoxy) is 1. The highest BCUT2D eigenvalue weighted by Gasteiger charge is 2.19. The van der Waals surface area contributed by atoms with E-state index < -0.39 is 5.91 Å². The summed E-state index contributed by atoms with van der Waals surface area (Å²) in [6.07, 6.45) is 3.24. The van der Waals surface area contributed by atoms with Gasteiger partial charge in [0.25, 0.3) is 11.8 Å². The van der Waals surface area contributed by atoms with Crippen LogP contribution in [0.5, 0.6) is 5.75 Å². The minimum Gasteiger partial charge on any atom is -0.497 e. The molecule has 2 heterocycles. The van der Waals surface area contributed by atoms with Gasteiger partial charge in [-0.3, -0.25) is 14.6 Å². The Bertz CT molecular complexity index is 925. The van der Waals surface area contributed by atoms with Crippen LogP contribution in [0.1, 0.15) is 20.8 Å². The van der Waals surface area contributed by atoms with E-state index in [1.807, 2.05) is 0 Å². The number of thiazole rings is 1. The molecule has 0 spiro atoms. The van der Waals surface area contributed by atoms with Crippen molar-refractivity contribution in [3.8, 4) is 5.75 Å². The highest BCUT2D eigenvalue weighted by atomic mass is 32.1. The van der Waals surface area contributed by atoms with Crippen molar-refractivity contribution in [1.29, 1.82) is 0 Å². The Morgan fingerprint density at radius 1 is 1.12 bits per heavy atom. The fourth-order valence-electron chi connectivity index (χ4n) is 2.10. The van der Waals surface area contributed by atoms with Crippen LogP contribution in [-0.4, -0.2) is 28.9 Å². The molecular weight excluding hydrogens is 354 g/mol. The summed E-state index contributed by atoms with van der Waals surface area (Å²) in [5, 5.41) is 6.41. The lowest BCUT2D eigenvalue weighted by atomic mass is 10.2. The summed E-state index contributed by atoms with van der Waals surface area (Å²) >= 11 is 1.11. The molecule has 2 amide bonds. The van der Waals surface area contributed by atoms with Crippen LogP contribution in [0, 0.1) is 0 Å². The zero-order chi connectivity index (χ0) is 18.5. The Hall–Kier alpha value is -3.46. The minimum absolute atomic E-state index is 0.00609. The summed E-state index contributed by atoms with van der Waals surface area (Å²) in [6, 6.07) is 10.1. The number of nitrogens with two attached hydrogens (primary N) is 1. The van der Waals surface area contributed by atoms with Crippen molar-refractivity contribution >= 4 is 39.0 Å². The first-order valence-electron chi connectivity index (χ1n) is 7.50. The molecule has 4 N–H and O–H groups in total. The summed E-state index contributed by atoms with van der Waals surface area (Å²) in [4.78, 5) is 32.1. The minimum atomic E-state index is -0.728. The topological polar surface area (TPSA) is 119 Å². The van der Waals surface area contributed by atoms with E-state index in [9.17, 15) is 9.59 Å². The molecule has 2 aromatic heterocycles. The third-order valence-corrected chi connectivity index (χ3v) is 4.26. The number of anilines is 3. The number of nitrogens with one attached hydrogen (secondary N) is 2. The van der Waals surface area contributed by atoms with Gasteiger partial charge in [0.15, 0.2) is 10.8 Å². The number of primary amides is 1. The van der Waals surface area contributed by atoms with Crippen LogP contribution in [0.2, 0.25) is 0 Å². The number of pyridine rings is 1. The van der Waals surface area contributed by atoms with E-state index in [0.29, 0.717) is 16.4 Å². The van der Waals surface area contributed by atoms with E-state index in [0.717, 1.165) is 17.0 Å². The number of nitrogens with zero attached hydrogens (tertiary/aromatic N) is 2. The second kappa shape index (κ2) is 7.62. The highest BCUT2D eigenvalue weighted by molar-refractivity contribution is 7.20. The lowest BCUT2D eigenvalue weighted by molar-refractivity contribution is 0.0997. The maximum atomic E-state index is 12.4. The summed E-state index contributed by atoms with van der Waals surface area (Å²) in [7, 11) is 1.54. The molecule has 0 aliphatic carbocycles. The van der Waals surface area contributed by atoms with Crippen molar-refractivity contribution in [2.45, 2.75) is 0 Å². The van der Waals surface area contributed by atoms with Gasteiger partial charge in [0.2, 0.25) is 0 Å². The predicted molar refractivity (Wildman–Crippen MR) is 99.1 cm³/mol. The molecule has 0 bridgehead atoms. The van der Waals surface area contributed by atoms with Gasteiger partial charge in [-0.15, -0.1) is 0 Å². The van der Waals surface area contributed by atoms with Gasteiger partial charge in [0, 0.05) is 23.6 Å². The van der Waals surface area contributed by atoms with Crippen LogP contribution in [0.25, 0.3) is 0 Å². The summed E-state index contributed by atoms with van der Waals surface area (Å²) in [6.45, 7) is 0. The van der Waals surface area contributed by atoms with Crippen LogP contribution >= 0.6 is 11.3 Å². The summed E-state index contributed by atoms with van der Waals surface area (Å²) in [5.41, 5.74) is 6.53. The molecule has 3 rings (SSSR count). The van der Waals surface area contributed by atoms with Crippen molar-refractivity contribution < 1.29 is 14.3 Å². The van der Waals surface area contributed by atoms with Crippen molar-refractivity contribution in [3.05, 3.63) is 60.0 Å². The Balaban J connectivity index is 1.81. The van der Waals surface area contributed by atoms with E-state index in [4.69, 9.17) is 10.5 Å². The first-order valence-corrected chi connectivity index (χ1v) is 8.31. The van der Waals surface area contributed by atoms with Gasteiger partial charge in [-0.1, -0.05) is 11.3 Å². The number of hydrogen-bond acceptors (Lipinski definition) is 7. The quantitative estimate of drug-likeness (QED) is 0.614. The molecule has 26 heavy (non-hydrogen) atoms. The van der Waals surface area contributed by atoms with Gasteiger partial charge < -0.3 is 21.1 Å². The molecule has 8 nitrogen and oxygen atoms in total. The van der Waals surface area contributed by atoms with E-state index in [2.05, 4.69) is 20.6 Å². The van der Waals surface area contributed by atoms with Gasteiger partial charge in [0.1, 0.15) is 10.8 Å². The van der Waals surface area contributed by atoms with Gasteiger partial charge in [-0.25, -0.2) is 4.98 Å². The van der Waals surface area contributed by atoms with Crippen molar-refractivity contribution in [3.63, 3.8) is 0 Å². The molecule has 0 atom stereocenters. The largest absolute Gasteiger partial charge is 0.497 e. The molecule has 0 radical (unpaired) electrons. The maximum Gasteiger partial charge on any atom is 0.270 e. The number of rotatable bonds is 6. The lowest BCUT2D eigenvalue weighted by Crippen LogP contribution is -2.17. The van der Waals surface area contributed by atoms with Gasteiger partial charge in [-0.05, 0) is 36.4 Å². The summed E-state index contributed by atoms with van der Waals surface area (Å²) in [5.74, 6) is -0.468. The smallest absolute Gasteiger partial charge is 0.270 e. The summed E-state index contributed by atoms with van der Waals surface area (Å²) < 4.78 is 5.06. The molecular formula is C17H15N5O3S. The Labute approximate surface area is 153 Å². The van der Waals surface area contributed by atoms with Crippen LogP contribution in [0.3, 0.4) is 0 Å². The molecule has 0 unspecified atom stereocenters. The number of aromatic nitrogens is 2. The Morgan fingerprint density at radius 3 is 2.42 bits per heavy atom. The van der Waals surface area contributed by atoms with Gasteiger partial charge in [-0.2, -0.15) is 0 Å². The standard InChI is InChI=1S/C17H15N5O3S/c1-25-12-4-2-10(3-5-12)15(24)22-16-13(14(18)23)21-17(26-16)20-11-6-8-19-9-7-11/h2-9H,1H3,(H2,18,23)(H,22,24)(H,19,20,21). The van der Waals surface area contributed by atoms with Gasteiger partial charge >= 0.3 is 0 Å². The molecule has 1 aromatic carbocycles. The Morgan fingerprint density at radius 2 is 1.81 bits per heavy atom. The third kappa shape index (κ3) is 3.95. The number of carbonyl (C=O) groups excluding carboxylic acids is 2. The number of methoxy groups -OCH3 is 1. The third-order valence-electron chi connectivity index (χ3n) is 3.37. The number of carbonyl (C=O) groups is 2. The van der Waals surface area contributed by atoms with Crippen molar-refractivity contribution in [2.24, 2.45) is 5.73 Å². The molecule has 0 fully saturated rings. The number of benzene rings is 1. The monoisotopic (exact) mass is 369 g/mol. The second-order valence-electron chi connectivity index (χ2n) is 5.10. The average molecular weight is 369 g/mol. The molecule has 0 saturated carbocycles. The SMILES string of the molecule is COc1ccc(C(=O)Nc2sc(Nc3ccncc3)nc2C(N)=O)cc1. The molecule has 132 valence electrons. The van der Waals surface area contributed by atoms with Gasteiger partial charge in [0.05, 0.1) is 7.11 Å².